The van der Waals surface area contributed by atoms with Crippen molar-refractivity contribution < 1.29 is 22.7 Å². The first-order valence-electron chi connectivity index (χ1n) is 10.2. The summed E-state index contributed by atoms with van der Waals surface area (Å²) < 4.78 is 45.8. The lowest BCUT2D eigenvalue weighted by atomic mass is 10.0. The van der Waals surface area contributed by atoms with Gasteiger partial charge in [0.25, 0.3) is 0 Å². The Kier molecular flexibility index (Phi) is 4.82. The van der Waals surface area contributed by atoms with Gasteiger partial charge in [-0.15, -0.1) is 0 Å². The van der Waals surface area contributed by atoms with E-state index in [0.29, 0.717) is 33.5 Å². The Balaban J connectivity index is 1.56. The zero-order chi connectivity index (χ0) is 23.5. The minimum atomic E-state index is -4.56. The van der Waals surface area contributed by atoms with E-state index >= 15 is 0 Å². The number of nitrogens with one attached hydrogen (secondary N) is 1. The lowest BCUT2D eigenvalue weighted by molar-refractivity contribution is -0.141. The summed E-state index contributed by atoms with van der Waals surface area (Å²) in [5.74, 6) is 0. The molecule has 0 bridgehead atoms. The molecule has 0 saturated carbocycles. The Morgan fingerprint density at radius 3 is 2.64 bits per heavy atom. The fourth-order valence-corrected chi connectivity index (χ4v) is 4.18. The lowest BCUT2D eigenvalue weighted by Crippen LogP contribution is -2.37. The molecule has 33 heavy (non-hydrogen) atoms. The van der Waals surface area contributed by atoms with E-state index in [-0.39, 0.29) is 18.9 Å². The topological polar surface area (TPSA) is 94.8 Å². The van der Waals surface area contributed by atoms with Crippen molar-refractivity contribution in [2.24, 2.45) is 0 Å². The van der Waals surface area contributed by atoms with Gasteiger partial charge in [-0.25, -0.2) is 19.7 Å². The van der Waals surface area contributed by atoms with Gasteiger partial charge in [0.1, 0.15) is 5.69 Å². The molecule has 1 atom stereocenters. The van der Waals surface area contributed by atoms with Gasteiger partial charge in [-0.2, -0.15) is 23.0 Å². The number of aromatic nitrogens is 5. The SMILES string of the molecule is Cc1ccc2c(n1)nc(C)c1c(C)nn(C(=O)N[C@@H]3COCc4nc(C(F)(F)F)ccc43)c12. The zero-order valence-electron chi connectivity index (χ0n) is 18.0. The second-order valence-electron chi connectivity index (χ2n) is 7.99. The Hall–Kier alpha value is -3.60. The summed E-state index contributed by atoms with van der Waals surface area (Å²) in [5.41, 5.74) is 2.83. The number of hydrogen-bond donors (Lipinski definition) is 1. The molecule has 8 nitrogen and oxygen atoms in total. The average Bonchev–Trinajstić information content (AvgIpc) is 3.11. The van der Waals surface area contributed by atoms with Crippen molar-refractivity contribution in [3.8, 4) is 0 Å². The molecule has 0 aliphatic carbocycles. The molecule has 170 valence electrons. The largest absolute Gasteiger partial charge is 0.433 e. The minimum Gasteiger partial charge on any atom is -0.373 e. The first kappa shape index (κ1) is 21.3. The van der Waals surface area contributed by atoms with Gasteiger partial charge in [-0.1, -0.05) is 6.07 Å². The van der Waals surface area contributed by atoms with Crippen molar-refractivity contribution in [1.82, 2.24) is 30.0 Å². The molecule has 0 saturated heterocycles. The van der Waals surface area contributed by atoms with Crippen LogP contribution in [0.25, 0.3) is 21.9 Å². The Labute approximate surface area is 185 Å². The van der Waals surface area contributed by atoms with Crippen LogP contribution in [0.5, 0.6) is 0 Å². The molecule has 4 aromatic rings. The predicted octanol–water partition coefficient (Wildman–Crippen LogP) is 4.15. The highest BCUT2D eigenvalue weighted by Gasteiger charge is 2.35. The van der Waals surface area contributed by atoms with Crippen LogP contribution >= 0.6 is 0 Å². The highest BCUT2D eigenvalue weighted by atomic mass is 19.4. The number of nitrogens with zero attached hydrogens (tertiary/aromatic N) is 5. The van der Waals surface area contributed by atoms with E-state index in [1.54, 1.807) is 6.92 Å². The van der Waals surface area contributed by atoms with Crippen LogP contribution in [0.1, 0.15) is 40.1 Å². The van der Waals surface area contributed by atoms with Gasteiger partial charge in [0.15, 0.2) is 5.65 Å². The lowest BCUT2D eigenvalue weighted by Gasteiger charge is -2.26. The van der Waals surface area contributed by atoms with E-state index < -0.39 is 23.9 Å². The van der Waals surface area contributed by atoms with Crippen LogP contribution in [-0.4, -0.2) is 37.4 Å². The summed E-state index contributed by atoms with van der Waals surface area (Å²) in [6.45, 7) is 5.52. The quantitative estimate of drug-likeness (QED) is 0.463. The molecule has 11 heteroatoms. The fraction of sp³-hybridized carbons (Fsp3) is 0.318. The summed E-state index contributed by atoms with van der Waals surface area (Å²) in [7, 11) is 0. The first-order valence-corrected chi connectivity index (χ1v) is 10.2. The number of ether oxygens (including phenoxy) is 1. The highest BCUT2D eigenvalue weighted by molar-refractivity contribution is 6.07. The van der Waals surface area contributed by atoms with E-state index in [1.807, 2.05) is 26.0 Å². The Bertz CT molecular complexity index is 1430. The summed E-state index contributed by atoms with van der Waals surface area (Å²) in [6.07, 6.45) is -4.56. The molecule has 1 aliphatic rings. The van der Waals surface area contributed by atoms with Crippen molar-refractivity contribution in [2.45, 2.75) is 39.6 Å². The first-order chi connectivity index (χ1) is 15.6. The molecule has 1 aliphatic heterocycles. The zero-order valence-corrected chi connectivity index (χ0v) is 18.0. The van der Waals surface area contributed by atoms with Gasteiger partial charge in [-0.3, -0.25) is 0 Å². The van der Waals surface area contributed by atoms with E-state index in [1.165, 1.54) is 10.7 Å². The minimum absolute atomic E-state index is 0.0596. The molecule has 0 radical (unpaired) electrons. The second-order valence-corrected chi connectivity index (χ2v) is 7.99. The van der Waals surface area contributed by atoms with Gasteiger partial charge in [0.2, 0.25) is 0 Å². The van der Waals surface area contributed by atoms with Crippen LogP contribution in [0.2, 0.25) is 0 Å². The third kappa shape index (κ3) is 3.58. The van der Waals surface area contributed by atoms with Crippen LogP contribution in [0, 0.1) is 20.8 Å². The summed E-state index contributed by atoms with van der Waals surface area (Å²) in [5, 5.41) is 8.67. The van der Waals surface area contributed by atoms with Crippen molar-refractivity contribution in [2.75, 3.05) is 6.61 Å². The number of halogens is 3. The standard InChI is InChI=1S/C22H19F3N6O2/c1-10-4-5-14-19-18(11(2)27-20(14)26-10)12(3)30-31(19)21(32)29-16-9-33-8-15-13(16)6-7-17(28-15)22(23,24)25/h4-7,16H,8-9H2,1-3H3,(H,29,32)/t16-/m1/s1. The molecule has 5 heterocycles. The normalized spacial score (nSPS) is 16.2. The van der Waals surface area contributed by atoms with Crippen molar-refractivity contribution >= 4 is 28.0 Å². The van der Waals surface area contributed by atoms with Crippen LogP contribution in [0.4, 0.5) is 18.0 Å². The molecular formula is C22H19F3N6O2. The number of hydrogen-bond acceptors (Lipinski definition) is 6. The van der Waals surface area contributed by atoms with Crippen molar-refractivity contribution in [3.63, 3.8) is 0 Å². The van der Waals surface area contributed by atoms with Crippen LogP contribution in [-0.2, 0) is 17.5 Å². The van der Waals surface area contributed by atoms with Gasteiger partial charge >= 0.3 is 12.2 Å². The van der Waals surface area contributed by atoms with Gasteiger partial charge in [0.05, 0.1) is 41.9 Å². The molecule has 0 aromatic carbocycles. The number of carbonyl (C=O) groups is 1. The van der Waals surface area contributed by atoms with E-state index in [4.69, 9.17) is 4.74 Å². The monoisotopic (exact) mass is 456 g/mol. The van der Waals surface area contributed by atoms with Gasteiger partial charge in [0, 0.05) is 22.0 Å². The molecule has 0 spiro atoms. The maximum atomic E-state index is 13.3. The molecule has 1 N–H and O–H groups in total. The molecular weight excluding hydrogens is 437 g/mol. The van der Waals surface area contributed by atoms with Crippen LogP contribution < -0.4 is 5.32 Å². The Morgan fingerprint density at radius 1 is 1.09 bits per heavy atom. The molecule has 0 fully saturated rings. The predicted molar refractivity (Wildman–Crippen MR) is 113 cm³/mol. The summed E-state index contributed by atoms with van der Waals surface area (Å²) in [4.78, 5) is 26.0. The number of alkyl halides is 3. The van der Waals surface area contributed by atoms with E-state index in [0.717, 1.165) is 17.1 Å². The number of fused-ring (bicyclic) bond motifs is 4. The summed E-state index contributed by atoms with van der Waals surface area (Å²) in [6, 6.07) is 4.71. The molecule has 0 unspecified atom stereocenters. The number of carbonyl (C=O) groups excluding carboxylic acids is 1. The maximum absolute atomic E-state index is 13.3. The summed E-state index contributed by atoms with van der Waals surface area (Å²) >= 11 is 0. The molecule has 4 aromatic heterocycles. The van der Waals surface area contributed by atoms with Gasteiger partial charge < -0.3 is 10.1 Å². The molecule has 1 amide bonds. The third-order valence-corrected chi connectivity index (χ3v) is 5.65. The van der Waals surface area contributed by atoms with E-state index in [9.17, 15) is 18.0 Å². The van der Waals surface area contributed by atoms with Crippen molar-refractivity contribution in [1.29, 1.82) is 0 Å². The van der Waals surface area contributed by atoms with Crippen LogP contribution in [0.3, 0.4) is 0 Å². The average molecular weight is 456 g/mol. The fourth-order valence-electron chi connectivity index (χ4n) is 4.18. The number of amides is 1. The maximum Gasteiger partial charge on any atom is 0.433 e. The number of aryl methyl sites for hydroxylation is 3. The number of rotatable bonds is 1. The van der Waals surface area contributed by atoms with Gasteiger partial charge in [-0.05, 0) is 39.0 Å². The Morgan fingerprint density at radius 2 is 1.88 bits per heavy atom. The number of pyridine rings is 3. The van der Waals surface area contributed by atoms with E-state index in [2.05, 4.69) is 25.4 Å². The smallest absolute Gasteiger partial charge is 0.373 e. The molecule has 5 rings (SSSR count). The third-order valence-electron chi connectivity index (χ3n) is 5.65. The highest BCUT2D eigenvalue weighted by Crippen LogP contribution is 2.32. The van der Waals surface area contributed by atoms with Crippen molar-refractivity contribution in [3.05, 3.63) is 58.3 Å². The second kappa shape index (κ2) is 7.48. The van der Waals surface area contributed by atoms with Crippen LogP contribution in [0.15, 0.2) is 24.3 Å².